The first-order chi connectivity index (χ1) is 11.2. The van der Waals surface area contributed by atoms with Crippen LogP contribution in [0.1, 0.15) is 117 Å². The minimum absolute atomic E-state index is 0.0257. The number of esters is 1. The monoisotopic (exact) mass is 326 g/mol. The van der Waals surface area contributed by atoms with Gasteiger partial charge in [-0.15, -0.1) is 0 Å². The summed E-state index contributed by atoms with van der Waals surface area (Å²) in [6.45, 7) is 6.64. The van der Waals surface area contributed by atoms with Crippen molar-refractivity contribution in [1.82, 2.24) is 0 Å². The molecule has 0 aromatic carbocycles. The van der Waals surface area contributed by atoms with Crippen LogP contribution < -0.4 is 0 Å². The van der Waals surface area contributed by atoms with E-state index < -0.39 is 0 Å². The molecule has 0 spiro atoms. The van der Waals surface area contributed by atoms with E-state index in [0.29, 0.717) is 6.61 Å². The highest BCUT2D eigenvalue weighted by atomic mass is 16.5. The van der Waals surface area contributed by atoms with Gasteiger partial charge in [-0.2, -0.15) is 0 Å². The molecule has 2 heteroatoms. The van der Waals surface area contributed by atoms with Crippen molar-refractivity contribution in [2.24, 2.45) is 5.92 Å². The van der Waals surface area contributed by atoms with Crippen LogP contribution in [0.5, 0.6) is 0 Å². The molecule has 0 aromatic heterocycles. The molecule has 138 valence electrons. The Morgan fingerprint density at radius 1 is 0.696 bits per heavy atom. The number of carbonyl (C=O) groups excluding carboxylic acids is 1. The van der Waals surface area contributed by atoms with Crippen molar-refractivity contribution in [3.05, 3.63) is 0 Å². The zero-order chi connectivity index (χ0) is 17.2. The maximum atomic E-state index is 11.5. The Morgan fingerprint density at radius 2 is 1.09 bits per heavy atom. The Balaban J connectivity index is 3.14. The van der Waals surface area contributed by atoms with E-state index in [2.05, 4.69) is 6.92 Å². The second-order valence-electron chi connectivity index (χ2n) is 7.04. The van der Waals surface area contributed by atoms with E-state index in [4.69, 9.17) is 4.74 Å². The summed E-state index contributed by atoms with van der Waals surface area (Å²) in [6, 6.07) is 0. The Hall–Kier alpha value is -0.530. The van der Waals surface area contributed by atoms with Crippen LogP contribution in [0.3, 0.4) is 0 Å². The van der Waals surface area contributed by atoms with Crippen LogP contribution in [-0.2, 0) is 9.53 Å². The third kappa shape index (κ3) is 16.1. The lowest BCUT2D eigenvalue weighted by molar-refractivity contribution is -0.147. The summed E-state index contributed by atoms with van der Waals surface area (Å²) >= 11 is 0. The lowest BCUT2D eigenvalue weighted by atomic mass is 10.0. The van der Waals surface area contributed by atoms with Crippen molar-refractivity contribution < 1.29 is 9.53 Å². The molecular weight excluding hydrogens is 284 g/mol. The minimum atomic E-state index is -0.0257. The summed E-state index contributed by atoms with van der Waals surface area (Å²) < 4.78 is 5.03. The van der Waals surface area contributed by atoms with Crippen LogP contribution in [-0.4, -0.2) is 12.6 Å². The molecule has 0 N–H and O–H groups in total. The van der Waals surface area contributed by atoms with Gasteiger partial charge in [0.25, 0.3) is 0 Å². The molecule has 0 saturated carbocycles. The predicted molar refractivity (Wildman–Crippen MR) is 101 cm³/mol. The number of carbonyl (C=O) groups is 1. The molecule has 0 saturated heterocycles. The van der Waals surface area contributed by atoms with Crippen molar-refractivity contribution in [3.63, 3.8) is 0 Å². The van der Waals surface area contributed by atoms with E-state index >= 15 is 0 Å². The van der Waals surface area contributed by atoms with Gasteiger partial charge in [-0.1, -0.05) is 104 Å². The van der Waals surface area contributed by atoms with Crippen molar-refractivity contribution in [2.45, 2.75) is 117 Å². The maximum absolute atomic E-state index is 11.5. The van der Waals surface area contributed by atoms with E-state index in [-0.39, 0.29) is 11.9 Å². The van der Waals surface area contributed by atoms with Gasteiger partial charge in [-0.25, -0.2) is 0 Å². The summed E-state index contributed by atoms with van der Waals surface area (Å²) in [5.41, 5.74) is 0. The maximum Gasteiger partial charge on any atom is 0.308 e. The highest BCUT2D eigenvalue weighted by Gasteiger charge is 2.12. The normalized spacial score (nSPS) is 12.3. The molecule has 0 fully saturated rings. The topological polar surface area (TPSA) is 26.3 Å². The summed E-state index contributed by atoms with van der Waals surface area (Å²) in [5, 5.41) is 0. The van der Waals surface area contributed by atoms with E-state index in [1.165, 1.54) is 83.5 Å². The molecule has 0 rings (SSSR count). The molecule has 2 nitrogen and oxygen atoms in total. The highest BCUT2D eigenvalue weighted by molar-refractivity contribution is 5.71. The van der Waals surface area contributed by atoms with E-state index in [1.54, 1.807) is 0 Å². The Labute approximate surface area is 145 Å². The summed E-state index contributed by atoms with van der Waals surface area (Å²) in [7, 11) is 0. The standard InChI is InChI=1S/C21H42O2/c1-4-6-7-8-9-10-11-12-13-14-15-16-17-18-19-20(3)21(22)23-5-2/h20H,4-19H2,1-3H3. The van der Waals surface area contributed by atoms with Gasteiger partial charge in [-0.3, -0.25) is 4.79 Å². The smallest absolute Gasteiger partial charge is 0.308 e. The minimum Gasteiger partial charge on any atom is -0.466 e. The molecule has 0 aliphatic rings. The number of hydrogen-bond donors (Lipinski definition) is 0. The first-order valence-electron chi connectivity index (χ1n) is 10.4. The van der Waals surface area contributed by atoms with Crippen molar-refractivity contribution in [2.75, 3.05) is 6.61 Å². The molecule has 0 bridgehead atoms. The average Bonchev–Trinajstić information content (AvgIpc) is 2.55. The second kappa shape index (κ2) is 17.8. The second-order valence-corrected chi connectivity index (χ2v) is 7.04. The third-order valence-electron chi connectivity index (χ3n) is 4.68. The van der Waals surface area contributed by atoms with Gasteiger partial charge in [0.15, 0.2) is 0 Å². The first-order valence-corrected chi connectivity index (χ1v) is 10.4. The predicted octanol–water partition coefficient (Wildman–Crippen LogP) is 7.06. The third-order valence-corrected chi connectivity index (χ3v) is 4.68. The zero-order valence-electron chi connectivity index (χ0n) is 16.2. The van der Waals surface area contributed by atoms with E-state index in [1.807, 2.05) is 13.8 Å². The molecule has 1 unspecified atom stereocenters. The van der Waals surface area contributed by atoms with Gasteiger partial charge in [0, 0.05) is 0 Å². The molecule has 0 heterocycles. The average molecular weight is 327 g/mol. The van der Waals surface area contributed by atoms with Gasteiger partial charge < -0.3 is 4.74 Å². The number of rotatable bonds is 17. The lowest BCUT2D eigenvalue weighted by Crippen LogP contribution is -2.14. The number of unbranched alkanes of at least 4 members (excludes halogenated alkanes) is 13. The van der Waals surface area contributed by atoms with Gasteiger partial charge in [0.1, 0.15) is 0 Å². The molecule has 0 aromatic rings. The van der Waals surface area contributed by atoms with Crippen LogP contribution in [0.15, 0.2) is 0 Å². The Kier molecular flexibility index (Phi) is 17.4. The van der Waals surface area contributed by atoms with Crippen LogP contribution >= 0.6 is 0 Å². The molecule has 0 amide bonds. The van der Waals surface area contributed by atoms with Gasteiger partial charge >= 0.3 is 5.97 Å². The van der Waals surface area contributed by atoms with Crippen molar-refractivity contribution in [3.8, 4) is 0 Å². The molecule has 0 radical (unpaired) electrons. The van der Waals surface area contributed by atoms with Gasteiger partial charge in [-0.05, 0) is 13.3 Å². The summed E-state index contributed by atoms with van der Waals surface area (Å²) in [6.07, 6.45) is 20.3. The van der Waals surface area contributed by atoms with Crippen molar-refractivity contribution in [1.29, 1.82) is 0 Å². The molecular formula is C21H42O2. The Bertz CT molecular complexity index is 250. The fraction of sp³-hybridized carbons (Fsp3) is 0.952. The van der Waals surface area contributed by atoms with Crippen molar-refractivity contribution >= 4 is 5.97 Å². The van der Waals surface area contributed by atoms with Gasteiger partial charge in [0.05, 0.1) is 12.5 Å². The SMILES string of the molecule is CCCCCCCCCCCCCCCCC(C)C(=O)OCC. The lowest BCUT2D eigenvalue weighted by Gasteiger charge is -2.09. The van der Waals surface area contributed by atoms with Crippen LogP contribution in [0, 0.1) is 5.92 Å². The fourth-order valence-corrected chi connectivity index (χ4v) is 3.05. The largest absolute Gasteiger partial charge is 0.466 e. The zero-order valence-corrected chi connectivity index (χ0v) is 16.2. The first kappa shape index (κ1) is 22.5. The molecule has 1 atom stereocenters. The molecule has 23 heavy (non-hydrogen) atoms. The summed E-state index contributed by atoms with van der Waals surface area (Å²) in [4.78, 5) is 11.5. The van der Waals surface area contributed by atoms with Crippen LogP contribution in [0.4, 0.5) is 0 Å². The highest BCUT2D eigenvalue weighted by Crippen LogP contribution is 2.15. The van der Waals surface area contributed by atoms with Gasteiger partial charge in [0.2, 0.25) is 0 Å². The van der Waals surface area contributed by atoms with Crippen LogP contribution in [0.25, 0.3) is 0 Å². The Morgan fingerprint density at radius 3 is 1.48 bits per heavy atom. The molecule has 0 aliphatic carbocycles. The molecule has 0 aliphatic heterocycles. The summed E-state index contributed by atoms with van der Waals surface area (Å²) in [5.74, 6) is 0.0504. The van der Waals surface area contributed by atoms with E-state index in [9.17, 15) is 4.79 Å². The quantitative estimate of drug-likeness (QED) is 0.211. The number of ether oxygens (including phenoxy) is 1. The fourth-order valence-electron chi connectivity index (χ4n) is 3.05. The number of hydrogen-bond acceptors (Lipinski definition) is 2. The van der Waals surface area contributed by atoms with Crippen LogP contribution in [0.2, 0.25) is 0 Å². The van der Waals surface area contributed by atoms with E-state index in [0.717, 1.165) is 12.8 Å².